The molecule has 33 heavy (non-hydrogen) atoms. The summed E-state index contributed by atoms with van der Waals surface area (Å²) in [4.78, 5) is 18.1. The van der Waals surface area contributed by atoms with Crippen LogP contribution in [0.15, 0.2) is 81.0 Å². The maximum Gasteiger partial charge on any atom is 0.282 e. The van der Waals surface area contributed by atoms with Gasteiger partial charge in [-0.2, -0.15) is 9.78 Å². The largest absolute Gasteiger partial charge is 0.493 e. The fourth-order valence-electron chi connectivity index (χ4n) is 3.54. The minimum Gasteiger partial charge on any atom is -0.493 e. The van der Waals surface area contributed by atoms with Gasteiger partial charge in [-0.15, -0.1) is 0 Å². The van der Waals surface area contributed by atoms with Gasteiger partial charge in [-0.05, 0) is 61.5 Å². The third-order valence-electron chi connectivity index (χ3n) is 5.04. The molecule has 0 fully saturated rings. The topological polar surface area (TPSA) is 69.6 Å². The molecule has 8 heteroatoms. The summed E-state index contributed by atoms with van der Waals surface area (Å²) < 4.78 is 12.9. The number of fused-ring (bicyclic) bond motifs is 2. The van der Waals surface area contributed by atoms with E-state index in [0.29, 0.717) is 50.2 Å². The molecule has 0 unspecified atom stereocenters. The summed E-state index contributed by atoms with van der Waals surface area (Å²) in [5, 5.41) is 6.81. The van der Waals surface area contributed by atoms with E-state index in [-0.39, 0.29) is 11.4 Å². The van der Waals surface area contributed by atoms with Gasteiger partial charge in [0.05, 0.1) is 23.7 Å². The van der Waals surface area contributed by atoms with Crippen molar-refractivity contribution in [1.82, 2.24) is 9.66 Å². The van der Waals surface area contributed by atoms with Crippen LogP contribution in [0.5, 0.6) is 5.75 Å². The predicted octanol–water partition coefficient (Wildman–Crippen LogP) is 6.40. The zero-order valence-corrected chi connectivity index (χ0v) is 19.0. The number of furan rings is 1. The minimum absolute atomic E-state index is 0.266. The van der Waals surface area contributed by atoms with Gasteiger partial charge in [-0.3, -0.25) is 4.79 Å². The van der Waals surface area contributed by atoms with Gasteiger partial charge in [0.25, 0.3) is 5.56 Å². The van der Waals surface area contributed by atoms with E-state index in [1.807, 2.05) is 13.0 Å². The number of hydrogen-bond donors (Lipinski definition) is 0. The van der Waals surface area contributed by atoms with Crippen molar-refractivity contribution < 1.29 is 9.15 Å². The number of nitrogens with zero attached hydrogens (tertiary/aromatic N) is 3. The van der Waals surface area contributed by atoms with Gasteiger partial charge < -0.3 is 9.15 Å². The molecule has 2 heterocycles. The first-order chi connectivity index (χ1) is 16.0. The molecule has 0 bridgehead atoms. The van der Waals surface area contributed by atoms with Crippen molar-refractivity contribution in [3.8, 4) is 17.3 Å². The zero-order valence-electron chi connectivity index (χ0n) is 17.5. The van der Waals surface area contributed by atoms with Gasteiger partial charge in [0, 0.05) is 21.0 Å². The Balaban J connectivity index is 1.72. The molecule has 0 amide bonds. The molecule has 0 radical (unpaired) electrons. The third kappa shape index (κ3) is 4.11. The molecular weight excluding hydrogens is 461 g/mol. The Morgan fingerprint density at radius 3 is 2.70 bits per heavy atom. The lowest BCUT2D eigenvalue weighted by molar-refractivity contribution is 0.340. The molecule has 0 atom stereocenters. The van der Waals surface area contributed by atoms with Crippen LogP contribution in [0.2, 0.25) is 10.0 Å². The summed E-state index contributed by atoms with van der Waals surface area (Å²) in [6.45, 7) is 2.37. The summed E-state index contributed by atoms with van der Waals surface area (Å²) in [5.41, 5.74) is 1.47. The predicted molar refractivity (Wildman–Crippen MR) is 132 cm³/mol. The lowest BCUT2D eigenvalue weighted by Crippen LogP contribution is -2.20. The summed E-state index contributed by atoms with van der Waals surface area (Å²) in [6, 6.07) is 19.4. The number of rotatable bonds is 5. The Bertz CT molecular complexity index is 1590. The molecule has 2 aromatic heterocycles. The van der Waals surface area contributed by atoms with Crippen molar-refractivity contribution in [3.63, 3.8) is 0 Å². The lowest BCUT2D eigenvalue weighted by Gasteiger charge is -2.09. The van der Waals surface area contributed by atoms with Crippen molar-refractivity contribution in [1.29, 1.82) is 0 Å². The van der Waals surface area contributed by atoms with Crippen molar-refractivity contribution in [2.45, 2.75) is 6.92 Å². The van der Waals surface area contributed by atoms with Gasteiger partial charge in [0.2, 0.25) is 5.82 Å². The van der Waals surface area contributed by atoms with E-state index >= 15 is 0 Å². The molecule has 0 saturated heterocycles. The second-order valence-corrected chi connectivity index (χ2v) is 8.09. The first-order valence-electron chi connectivity index (χ1n) is 10.2. The molecule has 0 saturated carbocycles. The van der Waals surface area contributed by atoms with Gasteiger partial charge in [0.15, 0.2) is 5.76 Å². The van der Waals surface area contributed by atoms with Crippen LogP contribution in [-0.2, 0) is 0 Å². The summed E-state index contributed by atoms with van der Waals surface area (Å²) >= 11 is 12.3. The molecule has 6 nitrogen and oxygen atoms in total. The lowest BCUT2D eigenvalue weighted by atomic mass is 10.2. The van der Waals surface area contributed by atoms with Crippen LogP contribution < -0.4 is 10.3 Å². The van der Waals surface area contributed by atoms with Crippen molar-refractivity contribution in [2.24, 2.45) is 5.10 Å². The normalized spacial score (nSPS) is 11.6. The van der Waals surface area contributed by atoms with E-state index in [1.165, 1.54) is 10.9 Å². The highest BCUT2D eigenvalue weighted by atomic mass is 35.5. The molecule has 164 valence electrons. The maximum absolute atomic E-state index is 13.4. The van der Waals surface area contributed by atoms with Gasteiger partial charge in [-0.1, -0.05) is 35.3 Å². The Morgan fingerprint density at radius 1 is 1.06 bits per heavy atom. The van der Waals surface area contributed by atoms with Crippen LogP contribution in [0, 0.1) is 0 Å². The molecule has 0 aliphatic rings. The van der Waals surface area contributed by atoms with Crippen LogP contribution in [0.4, 0.5) is 0 Å². The average Bonchev–Trinajstić information content (AvgIpc) is 3.23. The second kappa shape index (κ2) is 8.73. The molecular formula is C25H17Cl2N3O3. The fraction of sp³-hybridized carbons (Fsp3) is 0.0800. The van der Waals surface area contributed by atoms with Crippen LogP contribution in [0.25, 0.3) is 33.5 Å². The number of aromatic nitrogens is 2. The Kier molecular flexibility index (Phi) is 5.62. The molecule has 0 aliphatic carbocycles. The van der Waals surface area contributed by atoms with Crippen LogP contribution in [-0.4, -0.2) is 22.5 Å². The Hall–Kier alpha value is -3.61. The van der Waals surface area contributed by atoms with E-state index in [9.17, 15) is 4.79 Å². The minimum atomic E-state index is -0.328. The molecule has 5 rings (SSSR count). The van der Waals surface area contributed by atoms with Crippen molar-refractivity contribution in [2.75, 3.05) is 6.61 Å². The van der Waals surface area contributed by atoms with E-state index in [4.69, 9.17) is 32.4 Å². The summed E-state index contributed by atoms with van der Waals surface area (Å²) in [7, 11) is 0. The summed E-state index contributed by atoms with van der Waals surface area (Å²) in [6.07, 6.45) is 1.53. The molecule has 0 aliphatic heterocycles. The monoisotopic (exact) mass is 477 g/mol. The first kappa shape index (κ1) is 21.2. The highest BCUT2D eigenvalue weighted by molar-refractivity contribution is 6.31. The number of halogens is 2. The molecule has 0 spiro atoms. The fourth-order valence-corrected chi connectivity index (χ4v) is 3.90. The number of para-hydroxylation sites is 1. The third-order valence-corrected chi connectivity index (χ3v) is 5.51. The summed E-state index contributed by atoms with van der Waals surface area (Å²) in [5.74, 6) is 1.26. The zero-order chi connectivity index (χ0) is 22.9. The van der Waals surface area contributed by atoms with E-state index < -0.39 is 0 Å². The van der Waals surface area contributed by atoms with Crippen LogP contribution >= 0.6 is 23.2 Å². The van der Waals surface area contributed by atoms with E-state index in [0.717, 1.165) is 5.39 Å². The maximum atomic E-state index is 13.4. The van der Waals surface area contributed by atoms with Gasteiger partial charge in [0.1, 0.15) is 11.3 Å². The average molecular weight is 478 g/mol. The standard InChI is InChI=1S/C25H17Cl2N3O3/c1-2-32-21-9-7-18(27)12-16(21)14-28-30-24(29-20-6-4-3-5-19(20)25(30)31)23-13-15-11-17(26)8-10-22(15)33-23/h3-14H,2H2,1H3. The quantitative estimate of drug-likeness (QED) is 0.274. The number of hydrogen-bond acceptors (Lipinski definition) is 5. The molecule has 3 aromatic carbocycles. The van der Waals surface area contributed by atoms with Crippen LogP contribution in [0.3, 0.4) is 0 Å². The molecule has 0 N–H and O–H groups in total. The SMILES string of the molecule is CCOc1ccc(Cl)cc1C=Nn1c(-c2cc3cc(Cl)ccc3o2)nc2ccccc2c1=O. The number of ether oxygens (including phenoxy) is 1. The van der Waals surface area contributed by atoms with Crippen molar-refractivity contribution >= 4 is 51.3 Å². The first-order valence-corrected chi connectivity index (χ1v) is 11.0. The smallest absolute Gasteiger partial charge is 0.282 e. The van der Waals surface area contributed by atoms with Crippen molar-refractivity contribution in [3.05, 3.63) is 92.7 Å². The van der Waals surface area contributed by atoms with Crippen LogP contribution in [0.1, 0.15) is 12.5 Å². The number of benzene rings is 3. The highest BCUT2D eigenvalue weighted by Gasteiger charge is 2.17. The Morgan fingerprint density at radius 2 is 1.85 bits per heavy atom. The Labute approximate surface area is 198 Å². The van der Waals surface area contributed by atoms with Gasteiger partial charge in [-0.25, -0.2) is 4.98 Å². The highest BCUT2D eigenvalue weighted by Crippen LogP contribution is 2.29. The van der Waals surface area contributed by atoms with E-state index in [1.54, 1.807) is 60.7 Å². The van der Waals surface area contributed by atoms with Gasteiger partial charge >= 0.3 is 0 Å². The van der Waals surface area contributed by atoms with E-state index in [2.05, 4.69) is 10.1 Å². The molecule has 5 aromatic rings. The second-order valence-electron chi connectivity index (χ2n) is 7.22.